The van der Waals surface area contributed by atoms with E-state index in [9.17, 15) is 4.79 Å². The molecule has 0 fully saturated rings. The highest BCUT2D eigenvalue weighted by Crippen LogP contribution is 2.21. The Bertz CT molecular complexity index is 710. The van der Waals surface area contributed by atoms with Crippen LogP contribution >= 0.6 is 0 Å². The Morgan fingerprint density at radius 2 is 1.72 bits per heavy atom. The molecule has 2 rings (SSSR count). The summed E-state index contributed by atoms with van der Waals surface area (Å²) < 4.78 is 11.0. The number of rotatable bonds is 7. The first-order chi connectivity index (χ1) is 11.9. The zero-order valence-electron chi connectivity index (χ0n) is 15.6. The number of hydrogen-bond donors (Lipinski definition) is 1. The van der Waals surface area contributed by atoms with Gasteiger partial charge in [0.15, 0.2) is 6.10 Å². The van der Waals surface area contributed by atoms with Gasteiger partial charge in [0.1, 0.15) is 11.5 Å². The lowest BCUT2D eigenvalue weighted by molar-refractivity contribution is -0.128. The molecule has 0 aliphatic rings. The number of amides is 1. The van der Waals surface area contributed by atoms with Gasteiger partial charge in [-0.05, 0) is 62.6 Å². The second-order valence-corrected chi connectivity index (χ2v) is 6.28. The minimum absolute atomic E-state index is 0.0679. The Morgan fingerprint density at radius 3 is 2.28 bits per heavy atom. The summed E-state index contributed by atoms with van der Waals surface area (Å²) in [6, 6.07) is 13.4. The molecule has 0 aliphatic carbocycles. The van der Waals surface area contributed by atoms with E-state index in [2.05, 4.69) is 37.4 Å². The minimum Gasteiger partial charge on any atom is -0.497 e. The van der Waals surface area contributed by atoms with Crippen LogP contribution in [0.25, 0.3) is 0 Å². The van der Waals surface area contributed by atoms with Crippen LogP contribution in [0.15, 0.2) is 42.5 Å². The summed E-state index contributed by atoms with van der Waals surface area (Å²) in [5.74, 6) is 1.31. The average molecular weight is 341 g/mol. The van der Waals surface area contributed by atoms with Crippen molar-refractivity contribution in [3.8, 4) is 11.5 Å². The standard InChI is InChI=1S/C21H27NO3/c1-6-20(25-18-10-8-17(24-5)9-11-18)21(23)22-16(4)19-12-7-14(2)13-15(19)3/h7-13,16,20H,6H2,1-5H3,(H,22,23)/t16-,20-/m1/s1. The van der Waals surface area contributed by atoms with Crippen LogP contribution in [-0.2, 0) is 4.79 Å². The van der Waals surface area contributed by atoms with Crippen molar-refractivity contribution in [1.29, 1.82) is 0 Å². The number of ether oxygens (including phenoxy) is 2. The molecule has 4 nitrogen and oxygen atoms in total. The largest absolute Gasteiger partial charge is 0.497 e. The lowest BCUT2D eigenvalue weighted by Crippen LogP contribution is -2.39. The van der Waals surface area contributed by atoms with Crippen molar-refractivity contribution in [3.05, 3.63) is 59.2 Å². The molecule has 1 amide bonds. The number of aryl methyl sites for hydroxylation is 2. The molecular formula is C21H27NO3. The molecule has 0 unspecified atom stereocenters. The predicted molar refractivity (Wildman–Crippen MR) is 100 cm³/mol. The Labute approximate surface area is 150 Å². The summed E-state index contributed by atoms with van der Waals surface area (Å²) in [5, 5.41) is 3.06. The zero-order chi connectivity index (χ0) is 18.4. The number of benzene rings is 2. The molecular weight excluding hydrogens is 314 g/mol. The van der Waals surface area contributed by atoms with Gasteiger partial charge in [-0.1, -0.05) is 30.7 Å². The molecule has 0 saturated heterocycles. The molecule has 2 aromatic rings. The first-order valence-electron chi connectivity index (χ1n) is 8.62. The maximum absolute atomic E-state index is 12.6. The van der Waals surface area contributed by atoms with E-state index in [1.54, 1.807) is 7.11 Å². The van der Waals surface area contributed by atoms with Crippen LogP contribution in [-0.4, -0.2) is 19.1 Å². The van der Waals surface area contributed by atoms with Gasteiger partial charge < -0.3 is 14.8 Å². The number of hydrogen-bond acceptors (Lipinski definition) is 3. The van der Waals surface area contributed by atoms with Gasteiger partial charge in [0.05, 0.1) is 13.2 Å². The zero-order valence-corrected chi connectivity index (χ0v) is 15.6. The topological polar surface area (TPSA) is 47.6 Å². The second-order valence-electron chi connectivity index (χ2n) is 6.28. The molecule has 0 bridgehead atoms. The van der Waals surface area contributed by atoms with Crippen molar-refractivity contribution in [2.75, 3.05) is 7.11 Å². The highest BCUT2D eigenvalue weighted by atomic mass is 16.5. The molecule has 0 spiro atoms. The van der Waals surface area contributed by atoms with Crippen LogP contribution in [0.3, 0.4) is 0 Å². The van der Waals surface area contributed by atoms with E-state index in [4.69, 9.17) is 9.47 Å². The Kier molecular flexibility index (Phi) is 6.45. The maximum atomic E-state index is 12.6. The Hall–Kier alpha value is -2.49. The molecule has 1 N–H and O–H groups in total. The fraction of sp³-hybridized carbons (Fsp3) is 0.381. The maximum Gasteiger partial charge on any atom is 0.261 e. The fourth-order valence-corrected chi connectivity index (χ4v) is 2.84. The van der Waals surface area contributed by atoms with Gasteiger partial charge in [0.2, 0.25) is 0 Å². The molecule has 134 valence electrons. The van der Waals surface area contributed by atoms with E-state index in [0.29, 0.717) is 12.2 Å². The van der Waals surface area contributed by atoms with Gasteiger partial charge in [0.25, 0.3) is 5.91 Å². The van der Waals surface area contributed by atoms with Crippen LogP contribution < -0.4 is 14.8 Å². The monoisotopic (exact) mass is 341 g/mol. The number of nitrogens with one attached hydrogen (secondary N) is 1. The molecule has 2 atom stereocenters. The Balaban J connectivity index is 2.03. The van der Waals surface area contributed by atoms with E-state index < -0.39 is 6.10 Å². The molecule has 2 aromatic carbocycles. The van der Waals surface area contributed by atoms with Crippen molar-refractivity contribution >= 4 is 5.91 Å². The lowest BCUT2D eigenvalue weighted by Gasteiger charge is -2.22. The fourth-order valence-electron chi connectivity index (χ4n) is 2.84. The summed E-state index contributed by atoms with van der Waals surface area (Å²) in [6.07, 6.45) is 0.0684. The summed E-state index contributed by atoms with van der Waals surface area (Å²) in [4.78, 5) is 12.6. The lowest BCUT2D eigenvalue weighted by atomic mass is 10.00. The summed E-state index contributed by atoms with van der Waals surface area (Å²) in [7, 11) is 1.62. The van der Waals surface area contributed by atoms with Gasteiger partial charge in [0, 0.05) is 0 Å². The van der Waals surface area contributed by atoms with Crippen LogP contribution in [0.1, 0.15) is 43.0 Å². The second kappa shape index (κ2) is 8.56. The highest BCUT2D eigenvalue weighted by molar-refractivity contribution is 5.81. The molecule has 0 radical (unpaired) electrons. The van der Waals surface area contributed by atoms with Gasteiger partial charge in [-0.3, -0.25) is 4.79 Å². The third kappa shape index (κ3) is 4.99. The van der Waals surface area contributed by atoms with Crippen LogP contribution in [0.2, 0.25) is 0 Å². The Morgan fingerprint density at radius 1 is 1.08 bits per heavy atom. The molecule has 0 saturated carbocycles. The van der Waals surface area contributed by atoms with Crippen molar-refractivity contribution in [2.45, 2.75) is 46.3 Å². The quantitative estimate of drug-likeness (QED) is 0.814. The first-order valence-corrected chi connectivity index (χ1v) is 8.62. The normalized spacial score (nSPS) is 13.0. The first kappa shape index (κ1) is 18.8. The van der Waals surface area contributed by atoms with Gasteiger partial charge >= 0.3 is 0 Å². The van der Waals surface area contributed by atoms with E-state index in [1.165, 1.54) is 11.1 Å². The molecule has 0 heterocycles. The van der Waals surface area contributed by atoms with E-state index >= 15 is 0 Å². The average Bonchev–Trinajstić information content (AvgIpc) is 2.59. The van der Waals surface area contributed by atoms with Crippen LogP contribution in [0, 0.1) is 13.8 Å². The van der Waals surface area contributed by atoms with Gasteiger partial charge in [-0.2, -0.15) is 0 Å². The predicted octanol–water partition coefficient (Wildman–Crippen LogP) is 4.35. The SMILES string of the molecule is CC[C@@H](Oc1ccc(OC)cc1)C(=O)N[C@H](C)c1ccc(C)cc1C. The minimum atomic E-state index is -0.526. The van der Waals surface area contributed by atoms with Gasteiger partial charge in [-0.15, -0.1) is 0 Å². The molecule has 4 heteroatoms. The molecule has 0 aromatic heterocycles. The smallest absolute Gasteiger partial charge is 0.261 e. The molecule has 25 heavy (non-hydrogen) atoms. The van der Waals surface area contributed by atoms with E-state index in [-0.39, 0.29) is 11.9 Å². The van der Waals surface area contributed by atoms with Crippen molar-refractivity contribution in [3.63, 3.8) is 0 Å². The number of carbonyl (C=O) groups excluding carboxylic acids is 1. The van der Waals surface area contributed by atoms with Crippen LogP contribution in [0.5, 0.6) is 11.5 Å². The van der Waals surface area contributed by atoms with Crippen molar-refractivity contribution in [1.82, 2.24) is 5.32 Å². The van der Waals surface area contributed by atoms with E-state index in [0.717, 1.165) is 11.3 Å². The third-order valence-electron chi connectivity index (χ3n) is 4.25. The highest BCUT2D eigenvalue weighted by Gasteiger charge is 2.21. The van der Waals surface area contributed by atoms with Crippen molar-refractivity contribution < 1.29 is 14.3 Å². The van der Waals surface area contributed by atoms with E-state index in [1.807, 2.05) is 38.1 Å². The van der Waals surface area contributed by atoms with Gasteiger partial charge in [-0.25, -0.2) is 0 Å². The summed E-state index contributed by atoms with van der Waals surface area (Å²) in [5.41, 5.74) is 3.52. The number of carbonyl (C=O) groups is 1. The molecule has 0 aliphatic heterocycles. The summed E-state index contributed by atoms with van der Waals surface area (Å²) in [6.45, 7) is 8.07. The van der Waals surface area contributed by atoms with Crippen molar-refractivity contribution in [2.24, 2.45) is 0 Å². The third-order valence-corrected chi connectivity index (χ3v) is 4.25. The summed E-state index contributed by atoms with van der Waals surface area (Å²) >= 11 is 0. The number of methoxy groups -OCH3 is 1. The van der Waals surface area contributed by atoms with Crippen LogP contribution in [0.4, 0.5) is 0 Å².